The Morgan fingerprint density at radius 2 is 2.04 bits per heavy atom. The summed E-state index contributed by atoms with van der Waals surface area (Å²) in [6.07, 6.45) is 10.1. The molecule has 2 aliphatic rings. The van der Waals surface area contributed by atoms with Gasteiger partial charge in [0.05, 0.1) is 0 Å². The van der Waals surface area contributed by atoms with Crippen molar-refractivity contribution < 1.29 is 14.7 Å². The highest BCUT2D eigenvalue weighted by atomic mass is 16.4. The van der Waals surface area contributed by atoms with E-state index >= 15 is 0 Å². The van der Waals surface area contributed by atoms with E-state index < -0.39 is 12.0 Å². The zero-order chi connectivity index (χ0) is 16.9. The van der Waals surface area contributed by atoms with E-state index in [1.54, 1.807) is 0 Å². The molecule has 2 N–H and O–H groups in total. The lowest BCUT2D eigenvalue weighted by Gasteiger charge is -2.28. The fraction of sp³-hybridized carbons (Fsp3) is 0.500. The Bertz CT molecular complexity index is 638. The number of fused-ring (bicyclic) bond motifs is 1. The van der Waals surface area contributed by atoms with Crippen LogP contribution in [0.3, 0.4) is 0 Å². The van der Waals surface area contributed by atoms with Crippen LogP contribution in [0.15, 0.2) is 36.4 Å². The Morgan fingerprint density at radius 1 is 1.21 bits per heavy atom. The lowest BCUT2D eigenvalue weighted by Crippen LogP contribution is -2.44. The third-order valence-electron chi connectivity index (χ3n) is 5.27. The maximum atomic E-state index is 12.4. The van der Waals surface area contributed by atoms with E-state index in [1.165, 1.54) is 11.1 Å². The number of aliphatic carboxylic acids is 1. The predicted molar refractivity (Wildman–Crippen MR) is 92.8 cm³/mol. The molecule has 0 saturated carbocycles. The van der Waals surface area contributed by atoms with Gasteiger partial charge in [-0.3, -0.25) is 4.79 Å². The molecule has 0 saturated heterocycles. The summed E-state index contributed by atoms with van der Waals surface area (Å²) in [7, 11) is 0. The first-order chi connectivity index (χ1) is 11.6. The number of carbonyl (C=O) groups is 2. The normalized spacial score (nSPS) is 24.0. The standard InChI is InChI=1S/C20H25NO3/c22-19(15-8-2-1-3-9-15)21-18(20(23)24)13-16-11-6-10-14-7-4-5-12-17(14)16/h1-2,4-5,7,12,15-16,18H,3,6,8-11,13H2,(H,21,22)(H,23,24). The first kappa shape index (κ1) is 16.7. The Labute approximate surface area is 143 Å². The summed E-state index contributed by atoms with van der Waals surface area (Å²) in [5.41, 5.74) is 2.58. The lowest BCUT2D eigenvalue weighted by atomic mass is 9.79. The number of carboxylic acid groups (broad SMARTS) is 1. The molecule has 3 rings (SSSR count). The summed E-state index contributed by atoms with van der Waals surface area (Å²) < 4.78 is 0. The molecule has 0 radical (unpaired) electrons. The average molecular weight is 327 g/mol. The molecule has 0 aromatic heterocycles. The quantitative estimate of drug-likeness (QED) is 0.814. The number of carboxylic acids is 1. The number of rotatable bonds is 5. The van der Waals surface area contributed by atoms with Gasteiger partial charge in [0.2, 0.25) is 5.91 Å². The summed E-state index contributed by atoms with van der Waals surface area (Å²) in [5.74, 6) is -0.924. The van der Waals surface area contributed by atoms with Crippen LogP contribution < -0.4 is 5.32 Å². The fourth-order valence-electron chi connectivity index (χ4n) is 3.93. The fourth-order valence-corrected chi connectivity index (χ4v) is 3.93. The van der Waals surface area contributed by atoms with Crippen molar-refractivity contribution >= 4 is 11.9 Å². The molecule has 0 fully saturated rings. The molecule has 0 heterocycles. The molecule has 3 atom stereocenters. The van der Waals surface area contributed by atoms with Gasteiger partial charge in [0.25, 0.3) is 0 Å². The van der Waals surface area contributed by atoms with Crippen LogP contribution in [0.1, 0.15) is 55.6 Å². The van der Waals surface area contributed by atoms with Crippen LogP contribution in [0.4, 0.5) is 0 Å². The Balaban J connectivity index is 1.67. The van der Waals surface area contributed by atoms with Gasteiger partial charge in [0.15, 0.2) is 0 Å². The van der Waals surface area contributed by atoms with Gasteiger partial charge in [-0.05, 0) is 62.0 Å². The molecule has 4 nitrogen and oxygen atoms in total. The molecule has 1 aromatic carbocycles. The third-order valence-corrected chi connectivity index (χ3v) is 5.27. The molecular formula is C20H25NO3. The Morgan fingerprint density at radius 3 is 2.79 bits per heavy atom. The number of hydrogen-bond donors (Lipinski definition) is 2. The molecule has 128 valence electrons. The second-order valence-electron chi connectivity index (χ2n) is 6.90. The number of nitrogens with one attached hydrogen (secondary N) is 1. The number of benzene rings is 1. The van der Waals surface area contributed by atoms with E-state index in [1.807, 2.05) is 18.2 Å². The lowest BCUT2D eigenvalue weighted by molar-refractivity contribution is -0.142. The summed E-state index contributed by atoms with van der Waals surface area (Å²) in [4.78, 5) is 24.1. The van der Waals surface area contributed by atoms with Gasteiger partial charge in [0, 0.05) is 5.92 Å². The SMILES string of the molecule is O=C(NC(CC1CCCc2ccccc21)C(=O)O)C1CC=CCC1. The van der Waals surface area contributed by atoms with Crippen LogP contribution in [-0.4, -0.2) is 23.0 Å². The van der Waals surface area contributed by atoms with Crippen molar-refractivity contribution in [3.8, 4) is 0 Å². The molecule has 2 aliphatic carbocycles. The van der Waals surface area contributed by atoms with Gasteiger partial charge < -0.3 is 10.4 Å². The van der Waals surface area contributed by atoms with E-state index in [0.717, 1.165) is 32.1 Å². The maximum absolute atomic E-state index is 12.4. The number of amides is 1. The van der Waals surface area contributed by atoms with Gasteiger partial charge in [-0.25, -0.2) is 4.79 Å². The molecule has 0 spiro atoms. The van der Waals surface area contributed by atoms with Gasteiger partial charge in [-0.15, -0.1) is 0 Å². The smallest absolute Gasteiger partial charge is 0.326 e. The van der Waals surface area contributed by atoms with Crippen LogP contribution in [-0.2, 0) is 16.0 Å². The zero-order valence-electron chi connectivity index (χ0n) is 13.9. The van der Waals surface area contributed by atoms with Gasteiger partial charge >= 0.3 is 5.97 Å². The van der Waals surface area contributed by atoms with Crippen LogP contribution >= 0.6 is 0 Å². The second-order valence-corrected chi connectivity index (χ2v) is 6.90. The number of hydrogen-bond acceptors (Lipinski definition) is 2. The van der Waals surface area contributed by atoms with E-state index in [4.69, 9.17) is 0 Å². The zero-order valence-corrected chi connectivity index (χ0v) is 13.9. The van der Waals surface area contributed by atoms with E-state index in [0.29, 0.717) is 12.8 Å². The first-order valence-corrected chi connectivity index (χ1v) is 8.91. The van der Waals surface area contributed by atoms with E-state index in [9.17, 15) is 14.7 Å². The maximum Gasteiger partial charge on any atom is 0.326 e. The predicted octanol–water partition coefficient (Wildman–Crippen LogP) is 3.42. The van der Waals surface area contributed by atoms with Crippen LogP contribution in [0, 0.1) is 5.92 Å². The van der Waals surface area contributed by atoms with Gasteiger partial charge in [-0.1, -0.05) is 36.4 Å². The Hall–Kier alpha value is -2.10. The van der Waals surface area contributed by atoms with Crippen LogP contribution in [0.2, 0.25) is 0 Å². The van der Waals surface area contributed by atoms with E-state index in [2.05, 4.69) is 23.5 Å². The van der Waals surface area contributed by atoms with Crippen molar-refractivity contribution in [2.45, 2.75) is 56.9 Å². The summed E-state index contributed by atoms with van der Waals surface area (Å²) in [5, 5.41) is 12.4. The largest absolute Gasteiger partial charge is 0.480 e. The van der Waals surface area contributed by atoms with Gasteiger partial charge in [0.1, 0.15) is 6.04 Å². The molecule has 1 amide bonds. The summed E-state index contributed by atoms with van der Waals surface area (Å²) in [6, 6.07) is 7.48. The van der Waals surface area contributed by atoms with Crippen LogP contribution in [0.5, 0.6) is 0 Å². The van der Waals surface area contributed by atoms with Crippen LogP contribution in [0.25, 0.3) is 0 Å². The van der Waals surface area contributed by atoms with Crippen molar-refractivity contribution in [1.82, 2.24) is 5.32 Å². The minimum absolute atomic E-state index is 0.0875. The Kier molecular flexibility index (Phi) is 5.34. The highest BCUT2D eigenvalue weighted by Gasteiger charge is 2.30. The highest BCUT2D eigenvalue weighted by Crippen LogP contribution is 2.34. The average Bonchev–Trinajstić information content (AvgIpc) is 2.62. The van der Waals surface area contributed by atoms with Crippen molar-refractivity contribution in [1.29, 1.82) is 0 Å². The monoisotopic (exact) mass is 327 g/mol. The minimum atomic E-state index is -0.933. The molecule has 0 aliphatic heterocycles. The first-order valence-electron chi connectivity index (χ1n) is 8.91. The van der Waals surface area contributed by atoms with Gasteiger partial charge in [-0.2, -0.15) is 0 Å². The minimum Gasteiger partial charge on any atom is -0.480 e. The number of carbonyl (C=O) groups excluding carboxylic acids is 1. The number of allylic oxidation sites excluding steroid dienone is 2. The third kappa shape index (κ3) is 3.86. The topological polar surface area (TPSA) is 66.4 Å². The molecule has 1 aromatic rings. The van der Waals surface area contributed by atoms with Crippen molar-refractivity contribution in [2.24, 2.45) is 5.92 Å². The number of aryl methyl sites for hydroxylation is 1. The summed E-state index contributed by atoms with van der Waals surface area (Å²) >= 11 is 0. The molecule has 3 unspecified atom stereocenters. The van der Waals surface area contributed by atoms with Crippen molar-refractivity contribution in [3.05, 3.63) is 47.5 Å². The second kappa shape index (κ2) is 7.65. The molecule has 0 bridgehead atoms. The molecular weight excluding hydrogens is 302 g/mol. The molecule has 24 heavy (non-hydrogen) atoms. The summed E-state index contributed by atoms with van der Waals surface area (Å²) in [6.45, 7) is 0. The van der Waals surface area contributed by atoms with Crippen molar-refractivity contribution in [2.75, 3.05) is 0 Å². The van der Waals surface area contributed by atoms with E-state index in [-0.39, 0.29) is 17.7 Å². The molecule has 4 heteroatoms. The van der Waals surface area contributed by atoms with Crippen molar-refractivity contribution in [3.63, 3.8) is 0 Å². The highest BCUT2D eigenvalue weighted by molar-refractivity contribution is 5.85.